The van der Waals surface area contributed by atoms with Crippen molar-refractivity contribution in [3.63, 3.8) is 0 Å². The summed E-state index contributed by atoms with van der Waals surface area (Å²) in [6.45, 7) is 4.89. The van der Waals surface area contributed by atoms with Crippen LogP contribution in [0.25, 0.3) is 11.1 Å². The van der Waals surface area contributed by atoms with Gasteiger partial charge in [-0.25, -0.2) is 0 Å². The maximum Gasteiger partial charge on any atom is 0.322 e. The molecule has 3 aromatic rings. The minimum Gasteiger partial charge on any atom is -0.386 e. The molecule has 7 nitrogen and oxygen atoms in total. The topological polar surface area (TPSA) is 103 Å². The molecule has 4 bridgehead atoms. The van der Waals surface area contributed by atoms with Gasteiger partial charge in [0.25, 0.3) is 5.89 Å². The van der Waals surface area contributed by atoms with Gasteiger partial charge in [-0.05, 0) is 111 Å². The Bertz CT molecular complexity index is 1630. The van der Waals surface area contributed by atoms with Crippen LogP contribution in [0.5, 0.6) is 0 Å². The van der Waals surface area contributed by atoms with Crippen LogP contribution in [0.4, 0.5) is 14.5 Å². The first-order valence-electron chi connectivity index (χ1n) is 16.0. The van der Waals surface area contributed by atoms with E-state index in [4.69, 9.17) is 4.52 Å². The van der Waals surface area contributed by atoms with Crippen molar-refractivity contribution in [3.8, 4) is 17.2 Å². The highest BCUT2D eigenvalue weighted by Crippen LogP contribution is 2.74. The molecular weight excluding hydrogens is 574 g/mol. The first kappa shape index (κ1) is 30.0. The number of benzene rings is 2. The number of aromatic nitrogens is 2. The number of hydrogen-bond acceptors (Lipinski definition) is 6. The van der Waals surface area contributed by atoms with Crippen LogP contribution in [0.2, 0.25) is 0 Å². The average molecular weight is 615 g/mol. The first-order valence-corrected chi connectivity index (χ1v) is 16.0. The van der Waals surface area contributed by atoms with E-state index in [1.54, 1.807) is 13.8 Å². The number of fused-ring (bicyclic) bond motifs is 3. The fraction of sp³-hybridized carbons (Fsp3) is 0.556. The second kappa shape index (κ2) is 9.93. The third-order valence-electron chi connectivity index (χ3n) is 11.5. The third kappa shape index (κ3) is 5.15. The summed E-state index contributed by atoms with van der Waals surface area (Å²) in [6.07, 6.45) is 7.72. The SMILES string of the molecule is CC(C)(O)c1ccc(-c2cccc(N(CC34CCC(c5noc(C(C)(F)F)n5)(CC3)CC4)C(=O)CC34CC(C#N)(C3)C4)c2)cc1. The zero-order valence-corrected chi connectivity index (χ0v) is 26.2. The van der Waals surface area contributed by atoms with Gasteiger partial charge in [-0.2, -0.15) is 19.0 Å². The molecule has 1 amide bonds. The van der Waals surface area contributed by atoms with Crippen molar-refractivity contribution in [2.45, 2.75) is 102 Å². The molecule has 2 aromatic carbocycles. The van der Waals surface area contributed by atoms with E-state index in [2.05, 4.69) is 22.3 Å². The largest absolute Gasteiger partial charge is 0.386 e. The summed E-state index contributed by atoms with van der Waals surface area (Å²) in [6, 6.07) is 18.4. The summed E-state index contributed by atoms with van der Waals surface area (Å²) in [4.78, 5) is 20.3. The van der Waals surface area contributed by atoms with Gasteiger partial charge in [-0.1, -0.05) is 41.6 Å². The lowest BCUT2D eigenvalue weighted by molar-refractivity contribution is -0.173. The number of rotatable bonds is 9. The van der Waals surface area contributed by atoms with Crippen LogP contribution >= 0.6 is 0 Å². The van der Waals surface area contributed by atoms with Crippen LogP contribution in [0.15, 0.2) is 53.1 Å². The Morgan fingerprint density at radius 2 is 1.62 bits per heavy atom. The normalized spacial score (nSPS) is 30.2. The van der Waals surface area contributed by atoms with Crippen LogP contribution in [0.1, 0.15) is 102 Å². The van der Waals surface area contributed by atoms with Crippen molar-refractivity contribution in [3.05, 3.63) is 65.8 Å². The van der Waals surface area contributed by atoms with Gasteiger partial charge in [0.05, 0.1) is 17.1 Å². The van der Waals surface area contributed by atoms with E-state index in [-0.39, 0.29) is 27.6 Å². The van der Waals surface area contributed by atoms with E-state index in [1.807, 2.05) is 47.4 Å². The molecule has 6 fully saturated rings. The minimum atomic E-state index is -3.17. The van der Waals surface area contributed by atoms with Gasteiger partial charge in [-0.3, -0.25) is 4.79 Å². The Morgan fingerprint density at radius 1 is 0.978 bits per heavy atom. The summed E-state index contributed by atoms with van der Waals surface area (Å²) in [5, 5.41) is 23.9. The summed E-state index contributed by atoms with van der Waals surface area (Å²) in [7, 11) is 0. The zero-order chi connectivity index (χ0) is 31.9. The van der Waals surface area contributed by atoms with E-state index >= 15 is 0 Å². The average Bonchev–Trinajstić information content (AvgIpc) is 3.50. The van der Waals surface area contributed by atoms with Crippen molar-refractivity contribution in [1.82, 2.24) is 10.1 Å². The molecule has 6 saturated carbocycles. The smallest absolute Gasteiger partial charge is 0.322 e. The van der Waals surface area contributed by atoms with E-state index < -0.39 is 17.4 Å². The highest BCUT2D eigenvalue weighted by molar-refractivity contribution is 5.95. The Kier molecular flexibility index (Phi) is 6.63. The predicted molar refractivity (Wildman–Crippen MR) is 164 cm³/mol. The number of anilines is 1. The van der Waals surface area contributed by atoms with Gasteiger partial charge in [0.15, 0.2) is 5.82 Å². The monoisotopic (exact) mass is 614 g/mol. The maximum atomic E-state index is 14.2. The number of amides is 1. The van der Waals surface area contributed by atoms with Crippen molar-refractivity contribution < 1.29 is 23.2 Å². The minimum absolute atomic E-state index is 0.0563. The number of hydrogen-bond donors (Lipinski definition) is 1. The van der Waals surface area contributed by atoms with Crippen molar-refractivity contribution in [2.75, 3.05) is 11.4 Å². The van der Waals surface area contributed by atoms with Gasteiger partial charge < -0.3 is 14.5 Å². The molecule has 0 aliphatic heterocycles. The van der Waals surface area contributed by atoms with Crippen LogP contribution < -0.4 is 4.90 Å². The molecule has 1 heterocycles. The molecule has 6 aliphatic carbocycles. The second-order valence-electron chi connectivity index (χ2n) is 15.4. The fourth-order valence-corrected chi connectivity index (χ4v) is 8.76. The lowest BCUT2D eigenvalue weighted by Gasteiger charge is -2.67. The standard InChI is InChI=1S/C36H40F2N4O3/c1-31(2,44)26-9-7-24(8-10-26)25-5-4-6-27(17-25)42(28(43)18-34-19-35(20-34,21-34)22-39)23-33-11-14-36(15-12-33,16-13-33)29-40-30(45-41-29)32(3,37)38/h4-10,17,44H,11-16,18-21,23H2,1-3H3. The molecule has 0 spiro atoms. The number of nitriles is 1. The maximum absolute atomic E-state index is 14.2. The Balaban J connectivity index is 1.14. The molecule has 1 aromatic heterocycles. The van der Waals surface area contributed by atoms with Crippen LogP contribution in [0, 0.1) is 27.6 Å². The molecule has 0 saturated heterocycles. The summed E-state index contributed by atoms with van der Waals surface area (Å²) in [5.41, 5.74) is 2.03. The molecule has 0 atom stereocenters. The molecule has 45 heavy (non-hydrogen) atoms. The van der Waals surface area contributed by atoms with E-state index in [9.17, 15) is 23.9 Å². The lowest BCUT2D eigenvalue weighted by atomic mass is 9.35. The van der Waals surface area contributed by atoms with Gasteiger partial charge in [-0.15, -0.1) is 0 Å². The summed E-state index contributed by atoms with van der Waals surface area (Å²) >= 11 is 0. The first-order chi connectivity index (χ1) is 21.2. The molecule has 6 aliphatic rings. The van der Waals surface area contributed by atoms with E-state index in [0.29, 0.717) is 18.8 Å². The van der Waals surface area contributed by atoms with Gasteiger partial charge in [0, 0.05) is 31.0 Å². The zero-order valence-electron chi connectivity index (χ0n) is 26.2. The molecule has 9 heteroatoms. The lowest BCUT2D eigenvalue weighted by Crippen LogP contribution is -2.62. The summed E-state index contributed by atoms with van der Waals surface area (Å²) < 4.78 is 32.7. The molecular formula is C36H40F2N4O3. The molecule has 1 N–H and O–H groups in total. The van der Waals surface area contributed by atoms with E-state index in [0.717, 1.165) is 87.1 Å². The Hall–Kier alpha value is -3.64. The van der Waals surface area contributed by atoms with E-state index in [1.165, 1.54) is 0 Å². The summed E-state index contributed by atoms with van der Waals surface area (Å²) in [5.74, 6) is -3.32. The molecule has 0 radical (unpaired) electrons. The van der Waals surface area contributed by atoms with Gasteiger partial charge >= 0.3 is 5.92 Å². The van der Waals surface area contributed by atoms with Crippen LogP contribution in [-0.4, -0.2) is 27.7 Å². The molecule has 9 rings (SSSR count). The van der Waals surface area contributed by atoms with Crippen molar-refractivity contribution >= 4 is 11.6 Å². The van der Waals surface area contributed by atoms with Crippen LogP contribution in [0.3, 0.4) is 0 Å². The number of nitrogens with zero attached hydrogens (tertiary/aromatic N) is 4. The quantitative estimate of drug-likeness (QED) is 0.264. The van der Waals surface area contributed by atoms with Crippen molar-refractivity contribution in [2.24, 2.45) is 16.2 Å². The molecule has 0 unspecified atom stereocenters. The number of alkyl halides is 2. The predicted octanol–water partition coefficient (Wildman–Crippen LogP) is 7.78. The number of carbonyl (C=O) groups is 1. The van der Waals surface area contributed by atoms with Gasteiger partial charge in [0.2, 0.25) is 5.91 Å². The number of halogens is 2. The second-order valence-corrected chi connectivity index (χ2v) is 15.4. The van der Waals surface area contributed by atoms with Gasteiger partial charge in [0.1, 0.15) is 0 Å². The highest BCUT2D eigenvalue weighted by Gasteiger charge is 2.69. The number of aliphatic hydroxyl groups is 1. The fourth-order valence-electron chi connectivity index (χ4n) is 8.76. The molecule has 236 valence electrons. The number of carbonyl (C=O) groups excluding carboxylic acids is 1. The Labute approximate surface area is 262 Å². The Morgan fingerprint density at radius 3 is 2.18 bits per heavy atom. The van der Waals surface area contributed by atoms with Crippen LogP contribution in [-0.2, 0) is 21.7 Å². The van der Waals surface area contributed by atoms with Crippen molar-refractivity contribution in [1.29, 1.82) is 5.26 Å². The highest BCUT2D eigenvalue weighted by atomic mass is 19.3. The third-order valence-corrected chi connectivity index (χ3v) is 11.5.